The Morgan fingerprint density at radius 3 is 2.30 bits per heavy atom. The molecule has 23 heavy (non-hydrogen) atoms. The van der Waals surface area contributed by atoms with Gasteiger partial charge in [-0.15, -0.1) is 0 Å². The summed E-state index contributed by atoms with van der Waals surface area (Å²) in [4.78, 5) is 23.9. The minimum Gasteiger partial charge on any atom is -0.478 e. The summed E-state index contributed by atoms with van der Waals surface area (Å²) in [5.74, 6) is -0.418. The lowest BCUT2D eigenvalue weighted by Crippen LogP contribution is -2.42. The number of hydrogen-bond acceptors (Lipinski definition) is 3. The first-order valence-electron chi connectivity index (χ1n) is 6.94. The van der Waals surface area contributed by atoms with Crippen LogP contribution >= 0.6 is 15.9 Å². The molecule has 0 unspecified atom stereocenters. The van der Waals surface area contributed by atoms with Crippen molar-refractivity contribution >= 4 is 33.4 Å². The van der Waals surface area contributed by atoms with Gasteiger partial charge in [-0.25, -0.2) is 0 Å². The van der Waals surface area contributed by atoms with Gasteiger partial charge in [0.05, 0.1) is 11.3 Å². The minimum absolute atomic E-state index is 0.250. The fraction of sp³-hybridized carbons (Fsp3) is 0.176. The summed E-state index contributed by atoms with van der Waals surface area (Å²) in [6, 6.07) is 13.7. The van der Waals surface area contributed by atoms with Gasteiger partial charge < -0.3 is 15.8 Å². The van der Waals surface area contributed by atoms with Gasteiger partial charge >= 0.3 is 0 Å². The summed E-state index contributed by atoms with van der Waals surface area (Å²) >= 11 is 3.34. The number of nitrogens with one attached hydrogen (secondary N) is 1. The number of carbonyl (C=O) groups excluding carboxylic acids is 2. The third-order valence-electron chi connectivity index (χ3n) is 3.17. The molecule has 2 rings (SSSR count). The highest BCUT2D eigenvalue weighted by molar-refractivity contribution is 9.10. The molecule has 0 radical (unpaired) electrons. The molecule has 2 aromatic rings. The van der Waals surface area contributed by atoms with E-state index in [1.807, 2.05) is 12.1 Å². The standard InChI is InChI=1S/C17H17BrN2O3/c1-17(2,23-12-9-7-11(18)8-10-12)16(22)20-14-6-4-3-5-13(14)15(19)21/h3-10H,1-2H3,(H2,19,21)(H,20,22). The van der Waals surface area contributed by atoms with Crippen molar-refractivity contribution < 1.29 is 14.3 Å². The number of amides is 2. The first-order valence-corrected chi connectivity index (χ1v) is 7.74. The fourth-order valence-electron chi connectivity index (χ4n) is 1.92. The largest absolute Gasteiger partial charge is 0.478 e. The van der Waals surface area contributed by atoms with Crippen LogP contribution in [0, 0.1) is 0 Å². The van der Waals surface area contributed by atoms with E-state index >= 15 is 0 Å². The summed E-state index contributed by atoms with van der Waals surface area (Å²) in [5.41, 5.74) is 4.79. The Kier molecular flexibility index (Phi) is 5.05. The molecule has 2 aromatic carbocycles. The van der Waals surface area contributed by atoms with E-state index in [0.29, 0.717) is 11.4 Å². The predicted molar refractivity (Wildman–Crippen MR) is 92.4 cm³/mol. The number of halogens is 1. The number of carbonyl (C=O) groups is 2. The number of benzene rings is 2. The van der Waals surface area contributed by atoms with Crippen LogP contribution < -0.4 is 15.8 Å². The Labute approximate surface area is 143 Å². The smallest absolute Gasteiger partial charge is 0.267 e. The van der Waals surface area contributed by atoms with Crippen molar-refractivity contribution in [1.82, 2.24) is 0 Å². The van der Waals surface area contributed by atoms with E-state index in [1.165, 1.54) is 0 Å². The molecule has 3 N–H and O–H groups in total. The first kappa shape index (κ1) is 17.0. The molecule has 6 heteroatoms. The Balaban J connectivity index is 2.15. The lowest BCUT2D eigenvalue weighted by Gasteiger charge is -2.25. The second-order valence-electron chi connectivity index (χ2n) is 5.43. The normalized spacial score (nSPS) is 10.9. The van der Waals surface area contributed by atoms with Gasteiger partial charge in [-0.05, 0) is 50.2 Å². The molecule has 0 aliphatic heterocycles. The van der Waals surface area contributed by atoms with Gasteiger partial charge in [0, 0.05) is 4.47 Å². The van der Waals surface area contributed by atoms with Crippen LogP contribution in [0.2, 0.25) is 0 Å². The van der Waals surface area contributed by atoms with Gasteiger partial charge in [0.2, 0.25) is 0 Å². The van der Waals surface area contributed by atoms with E-state index in [-0.39, 0.29) is 11.5 Å². The Morgan fingerprint density at radius 1 is 1.09 bits per heavy atom. The summed E-state index contributed by atoms with van der Waals surface area (Å²) in [7, 11) is 0. The van der Waals surface area contributed by atoms with E-state index in [9.17, 15) is 9.59 Å². The highest BCUT2D eigenvalue weighted by Crippen LogP contribution is 2.23. The first-order chi connectivity index (χ1) is 10.8. The number of rotatable bonds is 5. The van der Waals surface area contributed by atoms with Crippen molar-refractivity contribution in [3.63, 3.8) is 0 Å². The van der Waals surface area contributed by atoms with Gasteiger partial charge in [-0.3, -0.25) is 9.59 Å². The molecule has 0 spiro atoms. The second-order valence-corrected chi connectivity index (χ2v) is 6.35. The summed E-state index contributed by atoms with van der Waals surface area (Å²) in [5, 5.41) is 2.69. The Bertz CT molecular complexity index is 727. The van der Waals surface area contributed by atoms with Gasteiger partial charge in [0.25, 0.3) is 11.8 Å². The third-order valence-corrected chi connectivity index (χ3v) is 3.70. The molecule has 0 atom stereocenters. The predicted octanol–water partition coefficient (Wildman–Crippen LogP) is 3.34. The molecule has 0 saturated carbocycles. The van der Waals surface area contributed by atoms with E-state index in [1.54, 1.807) is 50.2 Å². The quantitative estimate of drug-likeness (QED) is 0.839. The molecule has 0 aromatic heterocycles. The number of para-hydroxylation sites is 1. The zero-order chi connectivity index (χ0) is 17.0. The van der Waals surface area contributed by atoms with Gasteiger partial charge in [0.1, 0.15) is 5.75 Å². The van der Waals surface area contributed by atoms with Gasteiger partial charge in [0.15, 0.2) is 5.60 Å². The van der Waals surface area contributed by atoms with Crippen LogP contribution in [0.1, 0.15) is 24.2 Å². The summed E-state index contributed by atoms with van der Waals surface area (Å²) < 4.78 is 6.66. The van der Waals surface area contributed by atoms with Crippen molar-refractivity contribution in [2.75, 3.05) is 5.32 Å². The number of ether oxygens (including phenoxy) is 1. The molecular formula is C17H17BrN2O3. The minimum atomic E-state index is -1.13. The van der Waals surface area contributed by atoms with E-state index < -0.39 is 11.5 Å². The topological polar surface area (TPSA) is 81.4 Å². The third kappa shape index (κ3) is 4.32. The van der Waals surface area contributed by atoms with E-state index in [2.05, 4.69) is 21.2 Å². The van der Waals surface area contributed by atoms with E-state index in [0.717, 1.165) is 4.47 Å². The molecule has 0 heterocycles. The molecule has 0 aliphatic rings. The number of hydrogen-bond donors (Lipinski definition) is 2. The maximum absolute atomic E-state index is 12.5. The second kappa shape index (κ2) is 6.83. The monoisotopic (exact) mass is 376 g/mol. The van der Waals surface area contributed by atoms with Crippen LogP contribution in [-0.4, -0.2) is 17.4 Å². The van der Waals surface area contributed by atoms with Crippen molar-refractivity contribution in [3.05, 3.63) is 58.6 Å². The molecule has 5 nitrogen and oxygen atoms in total. The van der Waals surface area contributed by atoms with Crippen molar-refractivity contribution in [3.8, 4) is 5.75 Å². The molecule has 0 saturated heterocycles. The fourth-order valence-corrected chi connectivity index (χ4v) is 2.19. The molecule has 0 fully saturated rings. The van der Waals surface area contributed by atoms with Gasteiger partial charge in [-0.1, -0.05) is 28.1 Å². The molecule has 0 aliphatic carbocycles. The molecule has 0 bridgehead atoms. The number of primary amides is 1. The van der Waals surface area contributed by atoms with E-state index in [4.69, 9.17) is 10.5 Å². The highest BCUT2D eigenvalue weighted by atomic mass is 79.9. The van der Waals surface area contributed by atoms with Crippen LogP contribution in [0.15, 0.2) is 53.0 Å². The van der Waals surface area contributed by atoms with Crippen LogP contribution in [0.5, 0.6) is 5.75 Å². The van der Waals surface area contributed by atoms with Crippen LogP contribution in [0.3, 0.4) is 0 Å². The van der Waals surface area contributed by atoms with Crippen LogP contribution in [0.25, 0.3) is 0 Å². The van der Waals surface area contributed by atoms with Crippen LogP contribution in [0.4, 0.5) is 5.69 Å². The maximum Gasteiger partial charge on any atom is 0.267 e. The molecule has 2 amide bonds. The average Bonchev–Trinajstić information content (AvgIpc) is 2.49. The zero-order valence-electron chi connectivity index (χ0n) is 12.8. The van der Waals surface area contributed by atoms with Crippen LogP contribution in [-0.2, 0) is 4.79 Å². The van der Waals surface area contributed by atoms with Crippen molar-refractivity contribution in [2.45, 2.75) is 19.4 Å². The molecular weight excluding hydrogens is 360 g/mol. The highest BCUT2D eigenvalue weighted by Gasteiger charge is 2.30. The van der Waals surface area contributed by atoms with Crippen molar-refractivity contribution in [1.29, 1.82) is 0 Å². The number of nitrogens with two attached hydrogens (primary N) is 1. The summed E-state index contributed by atoms with van der Waals surface area (Å²) in [6.45, 7) is 3.30. The Hall–Kier alpha value is -2.34. The maximum atomic E-state index is 12.5. The lowest BCUT2D eigenvalue weighted by molar-refractivity contribution is -0.128. The summed E-state index contributed by atoms with van der Waals surface area (Å²) in [6.07, 6.45) is 0. The average molecular weight is 377 g/mol. The number of anilines is 1. The lowest BCUT2D eigenvalue weighted by atomic mass is 10.1. The zero-order valence-corrected chi connectivity index (χ0v) is 14.4. The van der Waals surface area contributed by atoms with Gasteiger partial charge in [-0.2, -0.15) is 0 Å². The van der Waals surface area contributed by atoms with Crippen molar-refractivity contribution in [2.24, 2.45) is 5.73 Å². The SMILES string of the molecule is CC(C)(Oc1ccc(Br)cc1)C(=O)Nc1ccccc1C(N)=O. The molecule has 120 valence electrons. The Morgan fingerprint density at radius 2 is 1.70 bits per heavy atom.